The van der Waals surface area contributed by atoms with Gasteiger partial charge in [-0.1, -0.05) is 17.7 Å². The predicted octanol–water partition coefficient (Wildman–Crippen LogP) is 3.72. The van der Waals surface area contributed by atoms with Gasteiger partial charge in [0.15, 0.2) is 0 Å². The van der Waals surface area contributed by atoms with Gasteiger partial charge >= 0.3 is 6.03 Å². The summed E-state index contributed by atoms with van der Waals surface area (Å²) in [6, 6.07) is 14.7. The Kier molecular flexibility index (Phi) is 5.35. The average molecular weight is 352 g/mol. The molecule has 1 N–H and O–H groups in total. The van der Waals surface area contributed by atoms with Crippen LogP contribution in [0.2, 0.25) is 0 Å². The number of nitrogens with zero attached hydrogens (tertiary/aromatic N) is 3. The molecular weight excluding hydrogens is 324 g/mol. The van der Waals surface area contributed by atoms with Crippen LogP contribution >= 0.6 is 0 Å². The number of anilines is 3. The van der Waals surface area contributed by atoms with E-state index < -0.39 is 0 Å². The molecule has 26 heavy (non-hydrogen) atoms. The molecule has 1 saturated heterocycles. The largest absolute Gasteiger partial charge is 0.378 e. The molecule has 2 amide bonds. The maximum atomic E-state index is 12.6. The van der Waals surface area contributed by atoms with Gasteiger partial charge in [-0.25, -0.2) is 4.79 Å². The van der Waals surface area contributed by atoms with Gasteiger partial charge in [0, 0.05) is 57.3 Å². The third kappa shape index (κ3) is 4.10. The zero-order valence-electron chi connectivity index (χ0n) is 16.1. The number of carbonyl (C=O) groups excluding carboxylic acids is 1. The molecule has 1 aliphatic heterocycles. The van der Waals surface area contributed by atoms with Crippen molar-refractivity contribution >= 4 is 23.1 Å². The highest BCUT2D eigenvalue weighted by atomic mass is 16.2. The molecular formula is C21H28N4O. The van der Waals surface area contributed by atoms with Gasteiger partial charge < -0.3 is 20.0 Å². The fourth-order valence-corrected chi connectivity index (χ4v) is 3.28. The van der Waals surface area contributed by atoms with Gasteiger partial charge in [-0.2, -0.15) is 0 Å². The molecule has 3 rings (SSSR count). The van der Waals surface area contributed by atoms with E-state index in [0.717, 1.165) is 37.4 Å². The van der Waals surface area contributed by atoms with E-state index in [2.05, 4.69) is 52.4 Å². The van der Waals surface area contributed by atoms with Crippen LogP contribution < -0.4 is 15.1 Å². The van der Waals surface area contributed by atoms with Crippen LogP contribution in [0.25, 0.3) is 0 Å². The van der Waals surface area contributed by atoms with Gasteiger partial charge in [-0.05, 0) is 49.7 Å². The molecule has 1 fully saturated rings. The lowest BCUT2D eigenvalue weighted by Gasteiger charge is -2.36. The summed E-state index contributed by atoms with van der Waals surface area (Å²) in [7, 11) is 4.09. The molecule has 1 aliphatic rings. The molecule has 2 aromatic rings. The van der Waals surface area contributed by atoms with Gasteiger partial charge in [0.2, 0.25) is 0 Å². The number of aryl methyl sites for hydroxylation is 2. The maximum absolute atomic E-state index is 12.6. The van der Waals surface area contributed by atoms with Crippen molar-refractivity contribution in [2.75, 3.05) is 55.4 Å². The number of hydrogen-bond donors (Lipinski definition) is 1. The molecule has 5 heteroatoms. The summed E-state index contributed by atoms with van der Waals surface area (Å²) < 4.78 is 0. The van der Waals surface area contributed by atoms with Crippen molar-refractivity contribution in [2.45, 2.75) is 13.8 Å². The Morgan fingerprint density at radius 3 is 2.19 bits per heavy atom. The lowest BCUT2D eigenvalue weighted by Crippen LogP contribution is -2.50. The van der Waals surface area contributed by atoms with Gasteiger partial charge in [0.1, 0.15) is 0 Å². The first kappa shape index (κ1) is 18.1. The first-order valence-corrected chi connectivity index (χ1v) is 9.09. The molecule has 0 bridgehead atoms. The Morgan fingerprint density at radius 2 is 1.62 bits per heavy atom. The highest BCUT2D eigenvalue weighted by molar-refractivity contribution is 5.90. The molecule has 0 spiro atoms. The van der Waals surface area contributed by atoms with Crippen LogP contribution in [-0.2, 0) is 0 Å². The molecule has 0 aromatic heterocycles. The quantitative estimate of drug-likeness (QED) is 0.915. The van der Waals surface area contributed by atoms with Gasteiger partial charge in [-0.3, -0.25) is 0 Å². The minimum Gasteiger partial charge on any atom is -0.378 e. The topological polar surface area (TPSA) is 38.8 Å². The summed E-state index contributed by atoms with van der Waals surface area (Å²) in [4.78, 5) is 18.9. The lowest BCUT2D eigenvalue weighted by molar-refractivity contribution is 0.208. The summed E-state index contributed by atoms with van der Waals surface area (Å²) in [5.41, 5.74) is 5.60. The third-order valence-corrected chi connectivity index (χ3v) is 4.92. The van der Waals surface area contributed by atoms with Gasteiger partial charge in [0.25, 0.3) is 0 Å². The number of nitrogens with one attached hydrogen (secondary N) is 1. The fourth-order valence-electron chi connectivity index (χ4n) is 3.28. The lowest BCUT2D eigenvalue weighted by atomic mass is 10.1. The average Bonchev–Trinajstić information content (AvgIpc) is 2.64. The number of rotatable bonds is 3. The summed E-state index contributed by atoms with van der Waals surface area (Å²) in [6.07, 6.45) is 0. The fraction of sp³-hybridized carbons (Fsp3) is 0.381. The van der Waals surface area contributed by atoms with Gasteiger partial charge in [0.05, 0.1) is 0 Å². The highest BCUT2D eigenvalue weighted by Gasteiger charge is 2.21. The van der Waals surface area contributed by atoms with E-state index in [9.17, 15) is 4.79 Å². The van der Waals surface area contributed by atoms with E-state index in [1.807, 2.05) is 38.1 Å². The smallest absolute Gasteiger partial charge is 0.321 e. The molecule has 0 atom stereocenters. The Labute approximate surface area is 156 Å². The Bertz CT molecular complexity index is 762. The molecule has 1 heterocycles. The molecule has 2 aromatic carbocycles. The van der Waals surface area contributed by atoms with Crippen LogP contribution in [0, 0.1) is 13.8 Å². The Morgan fingerprint density at radius 1 is 0.962 bits per heavy atom. The molecule has 0 saturated carbocycles. The summed E-state index contributed by atoms with van der Waals surface area (Å²) in [5.74, 6) is 0. The van der Waals surface area contributed by atoms with E-state index in [1.54, 1.807) is 0 Å². The van der Waals surface area contributed by atoms with Crippen LogP contribution in [-0.4, -0.2) is 51.2 Å². The first-order chi connectivity index (χ1) is 12.4. The summed E-state index contributed by atoms with van der Waals surface area (Å²) >= 11 is 0. The van der Waals surface area contributed by atoms with E-state index in [4.69, 9.17) is 0 Å². The molecule has 0 unspecified atom stereocenters. The van der Waals surface area contributed by atoms with Crippen molar-refractivity contribution in [2.24, 2.45) is 0 Å². The van der Waals surface area contributed by atoms with Crippen LogP contribution in [0.5, 0.6) is 0 Å². The van der Waals surface area contributed by atoms with E-state index in [0.29, 0.717) is 0 Å². The first-order valence-electron chi connectivity index (χ1n) is 9.09. The van der Waals surface area contributed by atoms with Gasteiger partial charge in [-0.15, -0.1) is 0 Å². The predicted molar refractivity (Wildman–Crippen MR) is 109 cm³/mol. The number of hydrogen-bond acceptors (Lipinski definition) is 3. The van der Waals surface area contributed by atoms with Crippen molar-refractivity contribution in [3.63, 3.8) is 0 Å². The van der Waals surface area contributed by atoms with Crippen molar-refractivity contribution in [1.82, 2.24) is 4.90 Å². The van der Waals surface area contributed by atoms with E-state index in [1.165, 1.54) is 16.9 Å². The third-order valence-electron chi connectivity index (χ3n) is 4.92. The monoisotopic (exact) mass is 352 g/mol. The number of piperazine rings is 1. The maximum Gasteiger partial charge on any atom is 0.321 e. The number of amides is 2. The molecule has 0 aliphatic carbocycles. The van der Waals surface area contributed by atoms with Crippen LogP contribution in [0.15, 0.2) is 42.5 Å². The Balaban J connectivity index is 1.56. The highest BCUT2D eigenvalue weighted by Crippen LogP contribution is 2.21. The summed E-state index contributed by atoms with van der Waals surface area (Å²) in [5, 5.41) is 3.04. The van der Waals surface area contributed by atoms with Crippen molar-refractivity contribution in [1.29, 1.82) is 0 Å². The number of urea groups is 1. The van der Waals surface area contributed by atoms with Crippen LogP contribution in [0.3, 0.4) is 0 Å². The summed E-state index contributed by atoms with van der Waals surface area (Å²) in [6.45, 7) is 7.24. The molecule has 5 nitrogen and oxygen atoms in total. The van der Waals surface area contributed by atoms with E-state index in [-0.39, 0.29) is 6.03 Å². The van der Waals surface area contributed by atoms with Crippen molar-refractivity contribution in [3.05, 3.63) is 53.6 Å². The molecule has 0 radical (unpaired) electrons. The zero-order valence-corrected chi connectivity index (χ0v) is 16.1. The zero-order chi connectivity index (χ0) is 18.7. The van der Waals surface area contributed by atoms with Crippen molar-refractivity contribution in [3.8, 4) is 0 Å². The van der Waals surface area contributed by atoms with Crippen LogP contribution in [0.4, 0.5) is 21.9 Å². The SMILES string of the molecule is Cc1ccc(NC(=O)N2CCN(c3ccc(N(C)C)cc3)CC2)c(C)c1. The van der Waals surface area contributed by atoms with Crippen LogP contribution in [0.1, 0.15) is 11.1 Å². The second-order valence-corrected chi connectivity index (χ2v) is 7.13. The minimum atomic E-state index is -0.0143. The van der Waals surface area contributed by atoms with E-state index >= 15 is 0 Å². The molecule has 138 valence electrons. The minimum absolute atomic E-state index is 0.0143. The normalized spacial score (nSPS) is 14.3. The van der Waals surface area contributed by atoms with Crippen molar-refractivity contribution < 1.29 is 4.79 Å². The second kappa shape index (κ2) is 7.68. The number of carbonyl (C=O) groups is 1. The standard InChI is InChI=1S/C21H28N4O/c1-16-5-10-20(17(2)15-16)22-21(26)25-13-11-24(12-14-25)19-8-6-18(7-9-19)23(3)4/h5-10,15H,11-14H2,1-4H3,(H,22,26). The second-order valence-electron chi connectivity index (χ2n) is 7.13. The number of benzene rings is 2. The Hall–Kier alpha value is -2.69.